The molecule has 0 saturated heterocycles. The second-order valence-corrected chi connectivity index (χ2v) is 14.3. The third-order valence-corrected chi connectivity index (χ3v) is 10.1. The van der Waals surface area contributed by atoms with Gasteiger partial charge in [0.15, 0.2) is 5.75 Å². The van der Waals surface area contributed by atoms with Crippen molar-refractivity contribution in [1.82, 2.24) is 9.88 Å². The number of aromatic nitrogens is 1. The molecule has 0 bridgehead atoms. The summed E-state index contributed by atoms with van der Waals surface area (Å²) in [6.45, 7) is 6.97. The van der Waals surface area contributed by atoms with Crippen molar-refractivity contribution < 1.29 is 23.4 Å². The van der Waals surface area contributed by atoms with Crippen molar-refractivity contribution in [1.29, 1.82) is 0 Å². The molecule has 0 aliphatic rings. The van der Waals surface area contributed by atoms with E-state index in [0.29, 0.717) is 49.1 Å². The molecule has 5 aromatic rings. The molecular weight excluding hydrogens is 862 g/mol. The van der Waals surface area contributed by atoms with Gasteiger partial charge in [-0.2, -0.15) is 13.2 Å². The van der Waals surface area contributed by atoms with E-state index in [1.54, 1.807) is 24.4 Å². The highest BCUT2D eigenvalue weighted by Gasteiger charge is 2.31. The molecule has 1 aromatic heterocycles. The fraction of sp³-hybridized carbons (Fsp3) is 0.343. The number of phenols is 1. The highest BCUT2D eigenvalue weighted by Crippen LogP contribution is 2.40. The van der Waals surface area contributed by atoms with Crippen molar-refractivity contribution in [2.45, 2.75) is 58.2 Å². The number of rotatable bonds is 10. The van der Waals surface area contributed by atoms with Gasteiger partial charge in [0.05, 0.1) is 15.2 Å². The zero-order chi connectivity index (χ0) is 33.6. The normalized spacial score (nSPS) is 12.6. The topological polar surface area (TPSA) is 56.6 Å². The van der Waals surface area contributed by atoms with Crippen LogP contribution in [0, 0.1) is 7.14 Å². The number of aliphatic hydroxyl groups is 1. The van der Waals surface area contributed by atoms with Crippen LogP contribution in [-0.4, -0.2) is 39.7 Å². The molecule has 246 valence electrons. The predicted molar refractivity (Wildman–Crippen MR) is 201 cm³/mol. The third kappa shape index (κ3) is 9.07. The van der Waals surface area contributed by atoms with E-state index >= 15 is 0 Å². The number of aliphatic hydroxyl groups excluding tert-OH is 1. The van der Waals surface area contributed by atoms with Gasteiger partial charge in [0.2, 0.25) is 0 Å². The molecule has 4 aromatic carbocycles. The molecule has 1 atom stereocenters. The second kappa shape index (κ2) is 16.6. The Balaban J connectivity index is 0.000000305. The SMILES string of the molecule is CCCCN(CCCC)CCC(O)c1cc2c(Cl)cc(Cl)cc2c2cc(C(F)(F)F)ccc12.Oc1c(I)cc(I)c2cccnc12. The zero-order valence-electron chi connectivity index (χ0n) is 25.4. The van der Waals surface area contributed by atoms with E-state index in [4.69, 9.17) is 23.2 Å². The Bertz CT molecular complexity index is 1810. The number of phenolic OH excluding ortho intramolecular Hbond substituents is 1. The first-order valence-corrected chi connectivity index (χ1v) is 18.0. The van der Waals surface area contributed by atoms with Gasteiger partial charge in [0.25, 0.3) is 0 Å². The maximum atomic E-state index is 13.4. The van der Waals surface area contributed by atoms with Crippen molar-refractivity contribution in [3.8, 4) is 5.75 Å². The largest absolute Gasteiger partial charge is 0.505 e. The second-order valence-electron chi connectivity index (χ2n) is 11.1. The number of pyridine rings is 1. The Labute approximate surface area is 304 Å². The summed E-state index contributed by atoms with van der Waals surface area (Å²) in [5.41, 5.74) is 0.518. The summed E-state index contributed by atoms with van der Waals surface area (Å²) in [6, 6.07) is 14.4. The molecule has 46 heavy (non-hydrogen) atoms. The first-order valence-electron chi connectivity index (χ1n) is 15.1. The first kappa shape index (κ1) is 37.2. The molecule has 1 unspecified atom stereocenters. The Hall–Kier alpha value is -1.64. The van der Waals surface area contributed by atoms with E-state index < -0.39 is 17.8 Å². The molecule has 0 amide bonds. The zero-order valence-corrected chi connectivity index (χ0v) is 31.3. The quantitative estimate of drug-likeness (QED) is 0.108. The fourth-order valence-electron chi connectivity index (χ4n) is 5.37. The number of benzene rings is 4. The molecule has 0 spiro atoms. The van der Waals surface area contributed by atoms with Crippen LogP contribution in [-0.2, 0) is 6.18 Å². The number of nitrogens with zero attached hydrogens (tertiary/aromatic N) is 2. The third-order valence-electron chi connectivity index (χ3n) is 7.84. The number of unbranched alkanes of at least 4 members (excludes halogenated alkanes) is 2. The van der Waals surface area contributed by atoms with Crippen LogP contribution in [0.3, 0.4) is 0 Å². The van der Waals surface area contributed by atoms with Crippen LogP contribution in [0.4, 0.5) is 13.2 Å². The van der Waals surface area contributed by atoms with Gasteiger partial charge in [-0.25, -0.2) is 0 Å². The summed E-state index contributed by atoms with van der Waals surface area (Å²) in [7, 11) is 0. The van der Waals surface area contributed by atoms with E-state index in [0.717, 1.165) is 70.0 Å². The summed E-state index contributed by atoms with van der Waals surface area (Å²) in [5.74, 6) is 0.275. The van der Waals surface area contributed by atoms with Crippen LogP contribution in [0.5, 0.6) is 5.75 Å². The molecule has 0 aliphatic carbocycles. The summed E-state index contributed by atoms with van der Waals surface area (Å²) in [6.07, 6.45) is 1.26. The smallest absolute Gasteiger partial charge is 0.416 e. The van der Waals surface area contributed by atoms with Crippen LogP contribution in [0.25, 0.3) is 32.4 Å². The minimum atomic E-state index is -4.48. The van der Waals surface area contributed by atoms with Gasteiger partial charge in [0, 0.05) is 37.1 Å². The standard InChI is InChI=1S/C26H30Cl2F3NO.C9H5I2NO/c1-3-5-10-32(11-6-4-2)12-9-25(33)23-16-22-21(14-18(27)15-24(22)28)20-13-17(26(29,30)31)7-8-19(20)23;10-6-4-7(11)9(13)8-5(6)2-1-3-12-8/h7-8,13-16,25,33H,3-6,9-12H2,1-2H3;1-4,13H. The van der Waals surface area contributed by atoms with E-state index in [1.165, 1.54) is 6.07 Å². The predicted octanol–water partition coefficient (Wildman–Crippen LogP) is 11.8. The Kier molecular flexibility index (Phi) is 13.5. The molecule has 0 saturated carbocycles. The van der Waals surface area contributed by atoms with E-state index in [1.807, 2.05) is 18.2 Å². The Morgan fingerprint density at radius 3 is 2.15 bits per heavy atom. The van der Waals surface area contributed by atoms with Crippen LogP contribution >= 0.6 is 68.4 Å². The Morgan fingerprint density at radius 1 is 0.826 bits per heavy atom. The molecule has 2 N–H and O–H groups in total. The summed E-state index contributed by atoms with van der Waals surface area (Å²) >= 11 is 16.9. The average molecular weight is 897 g/mol. The average Bonchev–Trinajstić information content (AvgIpc) is 3.02. The summed E-state index contributed by atoms with van der Waals surface area (Å²) in [5, 5.41) is 24.6. The van der Waals surface area contributed by atoms with E-state index in [2.05, 4.69) is 68.9 Å². The molecule has 1 heterocycles. The molecule has 5 rings (SSSR count). The van der Waals surface area contributed by atoms with Crippen molar-refractivity contribution in [3.63, 3.8) is 0 Å². The highest BCUT2D eigenvalue weighted by molar-refractivity contribution is 14.1. The van der Waals surface area contributed by atoms with Gasteiger partial charge in [0.1, 0.15) is 5.52 Å². The van der Waals surface area contributed by atoms with Gasteiger partial charge in [-0.05, 0) is 142 Å². The minimum absolute atomic E-state index is 0.275. The molecule has 0 aliphatic heterocycles. The van der Waals surface area contributed by atoms with Crippen LogP contribution in [0.1, 0.15) is 63.2 Å². The lowest BCUT2D eigenvalue weighted by atomic mass is 9.92. The molecule has 11 heteroatoms. The summed E-state index contributed by atoms with van der Waals surface area (Å²) in [4.78, 5) is 6.50. The Morgan fingerprint density at radius 2 is 1.50 bits per heavy atom. The van der Waals surface area contributed by atoms with Gasteiger partial charge >= 0.3 is 6.18 Å². The van der Waals surface area contributed by atoms with Crippen LogP contribution < -0.4 is 0 Å². The highest BCUT2D eigenvalue weighted by atomic mass is 127. The lowest BCUT2D eigenvalue weighted by Crippen LogP contribution is -2.28. The monoisotopic (exact) mass is 896 g/mol. The lowest BCUT2D eigenvalue weighted by Gasteiger charge is -2.24. The van der Waals surface area contributed by atoms with E-state index in [9.17, 15) is 23.4 Å². The number of halogens is 7. The van der Waals surface area contributed by atoms with Crippen LogP contribution in [0.15, 0.2) is 60.8 Å². The number of fused-ring (bicyclic) bond motifs is 4. The van der Waals surface area contributed by atoms with Gasteiger partial charge < -0.3 is 15.1 Å². The maximum Gasteiger partial charge on any atom is 0.416 e. The maximum absolute atomic E-state index is 13.4. The van der Waals surface area contributed by atoms with Gasteiger partial charge in [-0.15, -0.1) is 0 Å². The first-order chi connectivity index (χ1) is 21.8. The van der Waals surface area contributed by atoms with Crippen LogP contribution in [0.2, 0.25) is 10.0 Å². The fourth-order valence-corrected chi connectivity index (χ4v) is 7.83. The minimum Gasteiger partial charge on any atom is -0.505 e. The lowest BCUT2D eigenvalue weighted by molar-refractivity contribution is -0.137. The number of hydrogen-bond acceptors (Lipinski definition) is 4. The van der Waals surface area contributed by atoms with Gasteiger partial charge in [-0.1, -0.05) is 62.0 Å². The number of alkyl halides is 3. The van der Waals surface area contributed by atoms with Gasteiger partial charge in [-0.3, -0.25) is 4.98 Å². The van der Waals surface area contributed by atoms with E-state index in [-0.39, 0.29) is 5.75 Å². The van der Waals surface area contributed by atoms with Crippen molar-refractivity contribution >= 4 is 101 Å². The van der Waals surface area contributed by atoms with Crippen molar-refractivity contribution in [2.75, 3.05) is 19.6 Å². The number of aromatic hydroxyl groups is 1. The molecule has 0 radical (unpaired) electrons. The van der Waals surface area contributed by atoms with Crippen molar-refractivity contribution in [2.24, 2.45) is 0 Å². The summed E-state index contributed by atoms with van der Waals surface area (Å²) < 4.78 is 42.3. The number of hydrogen-bond donors (Lipinski definition) is 2. The molecule has 4 nitrogen and oxygen atoms in total. The van der Waals surface area contributed by atoms with Crippen molar-refractivity contribution in [3.05, 3.63) is 89.1 Å². The molecular formula is C35H35Cl2F3I2N2O2. The molecule has 0 fully saturated rings.